The molecular formula is C9H13NO2S2. The van der Waals surface area contributed by atoms with Gasteiger partial charge in [0, 0.05) is 22.1 Å². The Morgan fingerprint density at radius 1 is 1.79 bits per heavy atom. The second-order valence-corrected chi connectivity index (χ2v) is 5.27. The highest BCUT2D eigenvalue weighted by molar-refractivity contribution is 7.99. The van der Waals surface area contributed by atoms with Gasteiger partial charge in [0.05, 0.1) is 19.0 Å². The Balaban J connectivity index is 2.21. The van der Waals surface area contributed by atoms with E-state index < -0.39 is 0 Å². The lowest BCUT2D eigenvalue weighted by molar-refractivity contribution is -0.140. The van der Waals surface area contributed by atoms with Gasteiger partial charge in [-0.25, -0.2) is 0 Å². The van der Waals surface area contributed by atoms with Crippen molar-refractivity contribution >= 4 is 29.1 Å². The number of thioether (sulfide) groups is 1. The SMILES string of the molecule is COC(=O)CC(C)SCc1cncs1. The van der Waals surface area contributed by atoms with E-state index in [4.69, 9.17) is 0 Å². The van der Waals surface area contributed by atoms with Gasteiger partial charge in [0.1, 0.15) is 0 Å². The van der Waals surface area contributed by atoms with Crippen molar-refractivity contribution < 1.29 is 9.53 Å². The maximum Gasteiger partial charge on any atom is 0.306 e. The van der Waals surface area contributed by atoms with E-state index in [-0.39, 0.29) is 5.97 Å². The molecule has 5 heteroatoms. The second-order valence-electron chi connectivity index (χ2n) is 2.87. The van der Waals surface area contributed by atoms with E-state index in [9.17, 15) is 4.79 Å². The van der Waals surface area contributed by atoms with Crippen molar-refractivity contribution in [3.63, 3.8) is 0 Å². The maximum atomic E-state index is 10.9. The fourth-order valence-electron chi connectivity index (χ4n) is 0.915. The van der Waals surface area contributed by atoms with Crippen LogP contribution in [0.2, 0.25) is 0 Å². The van der Waals surface area contributed by atoms with E-state index in [1.165, 1.54) is 12.0 Å². The number of hydrogen-bond donors (Lipinski definition) is 0. The minimum absolute atomic E-state index is 0.144. The lowest BCUT2D eigenvalue weighted by atomic mass is 10.3. The molecule has 0 radical (unpaired) electrons. The van der Waals surface area contributed by atoms with E-state index in [0.717, 1.165) is 5.75 Å². The summed E-state index contributed by atoms with van der Waals surface area (Å²) in [6, 6.07) is 0. The molecule has 14 heavy (non-hydrogen) atoms. The molecule has 1 aromatic rings. The Kier molecular flexibility index (Phi) is 4.97. The van der Waals surface area contributed by atoms with Crippen LogP contribution in [0.15, 0.2) is 11.7 Å². The summed E-state index contributed by atoms with van der Waals surface area (Å²) < 4.78 is 4.60. The largest absolute Gasteiger partial charge is 0.469 e. The monoisotopic (exact) mass is 231 g/mol. The Labute approximate surface area is 91.9 Å². The fraction of sp³-hybridized carbons (Fsp3) is 0.556. The number of nitrogens with zero attached hydrogens (tertiary/aromatic N) is 1. The standard InChI is InChI=1S/C9H13NO2S2/c1-7(3-9(11)12-2)13-5-8-4-10-6-14-8/h4,6-7H,3,5H2,1-2H3. The maximum absolute atomic E-state index is 10.9. The van der Waals surface area contributed by atoms with Crippen LogP contribution in [0.4, 0.5) is 0 Å². The first-order valence-corrected chi connectivity index (χ1v) is 6.21. The summed E-state index contributed by atoms with van der Waals surface area (Å²) in [4.78, 5) is 16.2. The molecule has 78 valence electrons. The van der Waals surface area contributed by atoms with Crippen molar-refractivity contribution in [1.82, 2.24) is 4.98 Å². The van der Waals surface area contributed by atoms with Crippen molar-refractivity contribution in [2.24, 2.45) is 0 Å². The summed E-state index contributed by atoms with van der Waals surface area (Å²) in [6.45, 7) is 2.03. The van der Waals surface area contributed by atoms with Gasteiger partial charge in [0.15, 0.2) is 0 Å². The van der Waals surface area contributed by atoms with E-state index >= 15 is 0 Å². The van der Waals surface area contributed by atoms with Gasteiger partial charge < -0.3 is 4.74 Å². The predicted octanol–water partition coefficient (Wildman–Crippen LogP) is 2.33. The molecule has 0 amide bonds. The number of esters is 1. The van der Waals surface area contributed by atoms with Crippen LogP contribution < -0.4 is 0 Å². The van der Waals surface area contributed by atoms with Crippen LogP contribution >= 0.6 is 23.1 Å². The van der Waals surface area contributed by atoms with E-state index in [1.54, 1.807) is 23.1 Å². The quantitative estimate of drug-likeness (QED) is 0.729. The average Bonchev–Trinajstić information content (AvgIpc) is 2.67. The van der Waals surface area contributed by atoms with Gasteiger partial charge >= 0.3 is 5.97 Å². The molecule has 0 spiro atoms. The van der Waals surface area contributed by atoms with Gasteiger partial charge in [-0.05, 0) is 0 Å². The fourth-order valence-corrected chi connectivity index (χ4v) is 2.55. The third-order valence-corrected chi connectivity index (χ3v) is 3.85. The number of carbonyl (C=O) groups excluding carboxylic acids is 1. The molecule has 1 atom stereocenters. The molecule has 0 aliphatic rings. The van der Waals surface area contributed by atoms with Gasteiger partial charge in [-0.3, -0.25) is 9.78 Å². The highest BCUT2D eigenvalue weighted by Crippen LogP contribution is 2.21. The molecular weight excluding hydrogens is 218 g/mol. The molecule has 0 saturated carbocycles. The summed E-state index contributed by atoms with van der Waals surface area (Å²) >= 11 is 3.39. The third kappa shape index (κ3) is 4.11. The molecule has 3 nitrogen and oxygen atoms in total. The molecule has 0 saturated heterocycles. The summed E-state index contributed by atoms with van der Waals surface area (Å²) in [5.41, 5.74) is 1.82. The third-order valence-electron chi connectivity index (χ3n) is 1.68. The van der Waals surface area contributed by atoms with E-state index in [1.807, 2.05) is 18.6 Å². The molecule has 0 aromatic carbocycles. The molecule has 1 aromatic heterocycles. The second kappa shape index (κ2) is 6.03. The topological polar surface area (TPSA) is 39.2 Å². The van der Waals surface area contributed by atoms with Gasteiger partial charge in [-0.1, -0.05) is 6.92 Å². The van der Waals surface area contributed by atoms with Crippen LogP contribution in [0.1, 0.15) is 18.2 Å². The number of carbonyl (C=O) groups is 1. The Bertz CT molecular complexity index is 274. The zero-order chi connectivity index (χ0) is 10.4. The normalized spacial score (nSPS) is 12.4. The van der Waals surface area contributed by atoms with Crippen LogP contribution in [0.3, 0.4) is 0 Å². The first kappa shape index (κ1) is 11.5. The zero-order valence-electron chi connectivity index (χ0n) is 8.23. The molecule has 0 bridgehead atoms. The van der Waals surface area contributed by atoms with Gasteiger partial charge in [-0.2, -0.15) is 11.8 Å². The van der Waals surface area contributed by atoms with E-state index in [0.29, 0.717) is 11.7 Å². The van der Waals surface area contributed by atoms with Crippen LogP contribution in [0.5, 0.6) is 0 Å². The highest BCUT2D eigenvalue weighted by atomic mass is 32.2. The Morgan fingerprint density at radius 2 is 2.57 bits per heavy atom. The van der Waals surface area contributed by atoms with Crippen molar-refractivity contribution in [3.8, 4) is 0 Å². The Morgan fingerprint density at radius 3 is 3.14 bits per heavy atom. The number of thiazole rings is 1. The van der Waals surface area contributed by atoms with Crippen LogP contribution in [-0.2, 0) is 15.3 Å². The number of rotatable bonds is 5. The van der Waals surface area contributed by atoms with Crippen LogP contribution in [0, 0.1) is 0 Å². The minimum atomic E-state index is -0.144. The summed E-state index contributed by atoms with van der Waals surface area (Å²) in [5, 5.41) is 0.296. The Hall–Kier alpha value is -0.550. The average molecular weight is 231 g/mol. The number of hydrogen-bond acceptors (Lipinski definition) is 5. The summed E-state index contributed by atoms with van der Waals surface area (Å²) in [5.74, 6) is 0.775. The molecule has 0 N–H and O–H groups in total. The molecule has 1 unspecified atom stereocenters. The molecule has 0 aliphatic carbocycles. The van der Waals surface area contributed by atoms with Crippen molar-refractivity contribution in [1.29, 1.82) is 0 Å². The molecule has 1 heterocycles. The lowest BCUT2D eigenvalue weighted by Gasteiger charge is -2.07. The van der Waals surface area contributed by atoms with Gasteiger partial charge in [0.2, 0.25) is 0 Å². The summed E-state index contributed by atoms with van der Waals surface area (Å²) in [6.07, 6.45) is 2.34. The van der Waals surface area contributed by atoms with Gasteiger partial charge in [-0.15, -0.1) is 11.3 Å². The zero-order valence-corrected chi connectivity index (χ0v) is 9.86. The predicted molar refractivity (Wildman–Crippen MR) is 59.5 cm³/mol. The summed E-state index contributed by atoms with van der Waals surface area (Å²) in [7, 11) is 1.42. The molecule has 0 fully saturated rings. The first-order chi connectivity index (χ1) is 6.72. The van der Waals surface area contributed by atoms with Crippen LogP contribution in [0.25, 0.3) is 0 Å². The van der Waals surface area contributed by atoms with Crippen molar-refractivity contribution in [3.05, 3.63) is 16.6 Å². The number of ether oxygens (including phenoxy) is 1. The first-order valence-electron chi connectivity index (χ1n) is 4.28. The minimum Gasteiger partial charge on any atom is -0.469 e. The molecule has 0 aliphatic heterocycles. The lowest BCUT2D eigenvalue weighted by Crippen LogP contribution is -2.08. The van der Waals surface area contributed by atoms with E-state index in [2.05, 4.69) is 9.72 Å². The highest BCUT2D eigenvalue weighted by Gasteiger charge is 2.09. The number of aromatic nitrogens is 1. The smallest absolute Gasteiger partial charge is 0.306 e. The van der Waals surface area contributed by atoms with Gasteiger partial charge in [0.25, 0.3) is 0 Å². The number of methoxy groups -OCH3 is 1. The van der Waals surface area contributed by atoms with Crippen molar-refractivity contribution in [2.75, 3.05) is 7.11 Å². The molecule has 1 rings (SSSR count). The van der Waals surface area contributed by atoms with Crippen molar-refractivity contribution in [2.45, 2.75) is 24.3 Å². The van der Waals surface area contributed by atoms with Crippen LogP contribution in [-0.4, -0.2) is 23.3 Å².